The summed E-state index contributed by atoms with van der Waals surface area (Å²) in [6.45, 7) is 0.317. The van der Waals surface area contributed by atoms with Gasteiger partial charge in [-0.2, -0.15) is 10.2 Å². The fraction of sp³-hybridized carbons (Fsp3) is 0.158. The molecule has 0 aliphatic rings. The van der Waals surface area contributed by atoms with Gasteiger partial charge in [-0.05, 0) is 39.7 Å². The SMILES string of the molecule is O=C(Nc1nn(Cc2ccc(Cl)c(Cl)c2)cc1Br)c1cc2nc(C(F)F)cc(C(F)F)n2n1. The minimum Gasteiger partial charge on any atom is -0.303 e. The van der Waals surface area contributed by atoms with Gasteiger partial charge in [-0.25, -0.2) is 27.1 Å². The van der Waals surface area contributed by atoms with Crippen molar-refractivity contribution in [3.63, 3.8) is 0 Å². The van der Waals surface area contributed by atoms with Crippen molar-refractivity contribution >= 4 is 56.5 Å². The van der Waals surface area contributed by atoms with E-state index < -0.39 is 30.1 Å². The lowest BCUT2D eigenvalue weighted by atomic mass is 10.2. The predicted molar refractivity (Wildman–Crippen MR) is 116 cm³/mol. The highest BCUT2D eigenvalue weighted by molar-refractivity contribution is 9.10. The molecule has 0 unspecified atom stereocenters. The maximum absolute atomic E-state index is 13.3. The highest BCUT2D eigenvalue weighted by Crippen LogP contribution is 2.27. The van der Waals surface area contributed by atoms with Crippen LogP contribution in [-0.2, 0) is 6.54 Å². The van der Waals surface area contributed by atoms with E-state index in [1.165, 1.54) is 4.68 Å². The monoisotopic (exact) mass is 564 g/mol. The van der Waals surface area contributed by atoms with Gasteiger partial charge in [-0.1, -0.05) is 29.3 Å². The first kappa shape index (κ1) is 23.5. The van der Waals surface area contributed by atoms with Crippen molar-refractivity contribution < 1.29 is 22.4 Å². The van der Waals surface area contributed by atoms with Gasteiger partial charge in [0.1, 0.15) is 11.4 Å². The fourth-order valence-corrected chi connectivity index (χ4v) is 3.69. The molecule has 3 aromatic heterocycles. The molecule has 0 fully saturated rings. The Morgan fingerprint density at radius 2 is 1.82 bits per heavy atom. The number of amides is 1. The Kier molecular flexibility index (Phi) is 6.59. The summed E-state index contributed by atoms with van der Waals surface area (Å²) in [4.78, 5) is 16.2. The van der Waals surface area contributed by atoms with Crippen LogP contribution in [0.15, 0.2) is 41.0 Å². The molecule has 0 bridgehead atoms. The molecule has 7 nitrogen and oxygen atoms in total. The molecule has 172 valence electrons. The number of hydrogen-bond donors (Lipinski definition) is 1. The number of benzene rings is 1. The zero-order chi connectivity index (χ0) is 23.9. The van der Waals surface area contributed by atoms with E-state index in [0.29, 0.717) is 31.6 Å². The van der Waals surface area contributed by atoms with E-state index in [2.05, 4.69) is 36.4 Å². The third kappa shape index (κ3) is 4.97. The number of halogens is 7. The molecule has 0 saturated heterocycles. The van der Waals surface area contributed by atoms with Gasteiger partial charge in [0, 0.05) is 12.3 Å². The van der Waals surface area contributed by atoms with E-state index in [4.69, 9.17) is 23.2 Å². The van der Waals surface area contributed by atoms with Crippen LogP contribution in [0.5, 0.6) is 0 Å². The van der Waals surface area contributed by atoms with Crippen LogP contribution in [0.25, 0.3) is 5.65 Å². The topological polar surface area (TPSA) is 77.1 Å². The number of aromatic nitrogens is 5. The Balaban J connectivity index is 1.58. The molecule has 0 aliphatic heterocycles. The molecule has 0 aliphatic carbocycles. The van der Waals surface area contributed by atoms with Crippen LogP contribution < -0.4 is 5.32 Å². The van der Waals surface area contributed by atoms with Gasteiger partial charge in [0.2, 0.25) is 0 Å². The summed E-state index contributed by atoms with van der Waals surface area (Å²) in [6, 6.07) is 6.67. The molecule has 0 atom stereocenters. The zero-order valence-electron chi connectivity index (χ0n) is 16.1. The molecule has 1 N–H and O–H groups in total. The number of alkyl halides is 4. The van der Waals surface area contributed by atoms with Gasteiger partial charge in [0.05, 0.1) is 21.1 Å². The van der Waals surface area contributed by atoms with Crippen LogP contribution >= 0.6 is 39.1 Å². The molecule has 33 heavy (non-hydrogen) atoms. The van der Waals surface area contributed by atoms with Crippen LogP contribution in [0.2, 0.25) is 10.0 Å². The van der Waals surface area contributed by atoms with E-state index in [0.717, 1.165) is 11.6 Å². The second-order valence-corrected chi connectivity index (χ2v) is 8.40. The number of carbonyl (C=O) groups is 1. The Bertz CT molecular complexity index is 1360. The molecule has 0 saturated carbocycles. The Morgan fingerprint density at radius 3 is 2.48 bits per heavy atom. The smallest absolute Gasteiger partial charge is 0.280 e. The summed E-state index contributed by atoms with van der Waals surface area (Å²) in [5, 5.41) is 11.3. The molecular weight excluding hydrogens is 555 g/mol. The minimum atomic E-state index is -3.10. The van der Waals surface area contributed by atoms with Crippen LogP contribution in [0.4, 0.5) is 23.4 Å². The highest BCUT2D eigenvalue weighted by atomic mass is 79.9. The van der Waals surface area contributed by atoms with Crippen LogP contribution in [0, 0.1) is 0 Å². The summed E-state index contributed by atoms with van der Waals surface area (Å²) in [7, 11) is 0. The van der Waals surface area contributed by atoms with Gasteiger partial charge in [-0.15, -0.1) is 0 Å². The quantitative estimate of drug-likeness (QED) is 0.284. The molecular formula is C19H11BrCl2F4N6O. The summed E-state index contributed by atoms with van der Waals surface area (Å²) in [5.41, 5.74) is -1.45. The van der Waals surface area contributed by atoms with Gasteiger partial charge in [0.15, 0.2) is 17.2 Å². The summed E-state index contributed by atoms with van der Waals surface area (Å²) in [5.74, 6) is -0.660. The van der Waals surface area contributed by atoms with Crippen molar-refractivity contribution in [2.45, 2.75) is 19.4 Å². The lowest BCUT2D eigenvalue weighted by Crippen LogP contribution is -2.14. The van der Waals surface area contributed by atoms with Gasteiger partial charge >= 0.3 is 0 Å². The van der Waals surface area contributed by atoms with Gasteiger partial charge in [-0.3, -0.25) is 9.48 Å². The molecule has 0 spiro atoms. The summed E-state index contributed by atoms with van der Waals surface area (Å²) < 4.78 is 55.2. The Morgan fingerprint density at radius 1 is 1.06 bits per heavy atom. The van der Waals surface area contributed by atoms with Gasteiger partial charge in [0.25, 0.3) is 18.8 Å². The number of nitrogens with zero attached hydrogens (tertiary/aromatic N) is 5. The number of hydrogen-bond acceptors (Lipinski definition) is 4. The molecule has 0 radical (unpaired) electrons. The molecule has 4 rings (SSSR count). The third-order valence-electron chi connectivity index (χ3n) is 4.43. The largest absolute Gasteiger partial charge is 0.303 e. The van der Waals surface area contributed by atoms with Crippen molar-refractivity contribution in [1.29, 1.82) is 0 Å². The number of fused-ring (bicyclic) bond motifs is 1. The number of carbonyl (C=O) groups excluding carboxylic acids is 1. The van der Waals surface area contributed by atoms with Crippen LogP contribution in [0.1, 0.15) is 40.3 Å². The van der Waals surface area contributed by atoms with Crippen LogP contribution in [0.3, 0.4) is 0 Å². The average molecular weight is 566 g/mol. The second-order valence-electron chi connectivity index (χ2n) is 6.73. The van der Waals surface area contributed by atoms with Crippen molar-refractivity contribution in [1.82, 2.24) is 24.4 Å². The molecule has 14 heteroatoms. The Hall–Kier alpha value is -2.70. The number of nitrogens with one attached hydrogen (secondary N) is 1. The number of rotatable bonds is 6. The fourth-order valence-electron chi connectivity index (χ4n) is 2.96. The van der Waals surface area contributed by atoms with E-state index >= 15 is 0 Å². The first-order chi connectivity index (χ1) is 15.6. The summed E-state index contributed by atoms with van der Waals surface area (Å²) >= 11 is 15.2. The normalized spacial score (nSPS) is 11.7. The first-order valence-electron chi connectivity index (χ1n) is 9.07. The maximum atomic E-state index is 13.3. The Labute approximate surface area is 201 Å². The molecule has 1 aromatic carbocycles. The van der Waals surface area contributed by atoms with E-state index in [1.54, 1.807) is 24.4 Å². The molecule has 4 aromatic rings. The van der Waals surface area contributed by atoms with Crippen LogP contribution in [-0.4, -0.2) is 30.3 Å². The van der Waals surface area contributed by atoms with Crippen molar-refractivity contribution in [2.24, 2.45) is 0 Å². The van der Waals surface area contributed by atoms with Crippen molar-refractivity contribution in [3.8, 4) is 0 Å². The lowest BCUT2D eigenvalue weighted by Gasteiger charge is -2.06. The predicted octanol–water partition coefficient (Wildman–Crippen LogP) is 6.17. The van der Waals surface area contributed by atoms with Crippen molar-refractivity contribution in [2.75, 3.05) is 5.32 Å². The molecule has 3 heterocycles. The minimum absolute atomic E-state index is 0.132. The standard InChI is InChI=1S/C19H11BrCl2F4N6O/c20-9-7-31(6-8-1-2-10(21)11(22)3-8)30-18(9)28-19(33)13-5-15-27-12(16(23)24)4-14(17(25)26)32(15)29-13/h1-5,7,16-17H,6H2,(H,28,30,33). The second kappa shape index (κ2) is 9.27. The average Bonchev–Trinajstić information content (AvgIpc) is 3.33. The third-order valence-corrected chi connectivity index (χ3v) is 5.75. The molecule has 1 amide bonds. The first-order valence-corrected chi connectivity index (χ1v) is 10.6. The van der Waals surface area contributed by atoms with E-state index in [1.807, 2.05) is 0 Å². The highest BCUT2D eigenvalue weighted by Gasteiger charge is 2.23. The van der Waals surface area contributed by atoms with Crippen molar-refractivity contribution in [3.05, 3.63) is 73.7 Å². The van der Waals surface area contributed by atoms with E-state index in [-0.39, 0.29) is 17.2 Å². The zero-order valence-corrected chi connectivity index (χ0v) is 19.2. The van der Waals surface area contributed by atoms with E-state index in [9.17, 15) is 22.4 Å². The van der Waals surface area contributed by atoms with Gasteiger partial charge < -0.3 is 5.32 Å². The summed E-state index contributed by atoms with van der Waals surface area (Å²) in [6.07, 6.45) is -4.56. The maximum Gasteiger partial charge on any atom is 0.280 e. The lowest BCUT2D eigenvalue weighted by molar-refractivity contribution is 0.102. The number of anilines is 1.